The second-order valence-electron chi connectivity index (χ2n) is 3.39. The lowest BCUT2D eigenvalue weighted by Crippen LogP contribution is -2.12. The third kappa shape index (κ3) is 3.01. The SMILES string of the molecule is NCCNc1nc(Cc2ccccc2)ns1. The number of hydrogen-bond acceptors (Lipinski definition) is 5. The van der Waals surface area contributed by atoms with Gasteiger partial charge in [0.15, 0.2) is 0 Å². The van der Waals surface area contributed by atoms with Gasteiger partial charge in [-0.25, -0.2) is 4.98 Å². The molecule has 0 saturated carbocycles. The largest absolute Gasteiger partial charge is 0.359 e. The van der Waals surface area contributed by atoms with E-state index < -0.39 is 0 Å². The lowest BCUT2D eigenvalue weighted by atomic mass is 10.1. The van der Waals surface area contributed by atoms with Gasteiger partial charge in [-0.1, -0.05) is 30.3 Å². The summed E-state index contributed by atoms with van der Waals surface area (Å²) in [5, 5.41) is 3.96. The molecule has 0 atom stereocenters. The first-order valence-electron chi connectivity index (χ1n) is 5.19. The van der Waals surface area contributed by atoms with Crippen LogP contribution in [0.4, 0.5) is 5.13 Å². The van der Waals surface area contributed by atoms with Gasteiger partial charge >= 0.3 is 0 Å². The van der Waals surface area contributed by atoms with Crippen molar-refractivity contribution in [3.8, 4) is 0 Å². The van der Waals surface area contributed by atoms with E-state index >= 15 is 0 Å². The number of anilines is 1. The Morgan fingerprint density at radius 3 is 2.81 bits per heavy atom. The average molecular weight is 234 g/mol. The zero-order chi connectivity index (χ0) is 11.2. The Bertz CT molecular complexity index is 427. The molecule has 5 heteroatoms. The van der Waals surface area contributed by atoms with Crippen molar-refractivity contribution in [1.82, 2.24) is 9.36 Å². The number of nitrogens with one attached hydrogen (secondary N) is 1. The molecule has 0 bridgehead atoms. The highest BCUT2D eigenvalue weighted by molar-refractivity contribution is 7.09. The number of benzene rings is 1. The van der Waals surface area contributed by atoms with E-state index in [9.17, 15) is 0 Å². The summed E-state index contributed by atoms with van der Waals surface area (Å²) in [6, 6.07) is 10.2. The van der Waals surface area contributed by atoms with Crippen LogP contribution >= 0.6 is 11.5 Å². The van der Waals surface area contributed by atoms with Gasteiger partial charge in [-0.2, -0.15) is 4.37 Å². The first-order chi connectivity index (χ1) is 7.88. The van der Waals surface area contributed by atoms with Crippen molar-refractivity contribution in [2.24, 2.45) is 5.73 Å². The Hall–Kier alpha value is -1.46. The molecule has 1 aromatic heterocycles. The highest BCUT2D eigenvalue weighted by Gasteiger charge is 2.03. The minimum atomic E-state index is 0.605. The second-order valence-corrected chi connectivity index (χ2v) is 4.15. The molecule has 0 fully saturated rings. The van der Waals surface area contributed by atoms with E-state index in [1.807, 2.05) is 18.2 Å². The van der Waals surface area contributed by atoms with Crippen molar-refractivity contribution in [1.29, 1.82) is 0 Å². The second kappa shape index (κ2) is 5.58. The first-order valence-corrected chi connectivity index (χ1v) is 5.96. The predicted molar refractivity (Wildman–Crippen MR) is 66.7 cm³/mol. The van der Waals surface area contributed by atoms with Crippen molar-refractivity contribution in [3.05, 3.63) is 41.7 Å². The molecule has 0 aliphatic heterocycles. The van der Waals surface area contributed by atoms with Gasteiger partial charge < -0.3 is 11.1 Å². The van der Waals surface area contributed by atoms with Crippen LogP contribution < -0.4 is 11.1 Å². The fourth-order valence-electron chi connectivity index (χ4n) is 1.36. The highest BCUT2D eigenvalue weighted by Crippen LogP contribution is 2.13. The predicted octanol–water partition coefficient (Wildman–Crippen LogP) is 1.50. The van der Waals surface area contributed by atoms with Crippen LogP contribution in [0.2, 0.25) is 0 Å². The number of aromatic nitrogens is 2. The smallest absolute Gasteiger partial charge is 0.202 e. The Morgan fingerprint density at radius 1 is 1.25 bits per heavy atom. The molecular weight excluding hydrogens is 220 g/mol. The summed E-state index contributed by atoms with van der Waals surface area (Å²) in [6.45, 7) is 1.34. The molecule has 2 aromatic rings. The van der Waals surface area contributed by atoms with Gasteiger partial charge in [0.1, 0.15) is 5.82 Å². The molecule has 84 valence electrons. The minimum Gasteiger partial charge on any atom is -0.359 e. The fourth-order valence-corrected chi connectivity index (χ4v) is 1.97. The van der Waals surface area contributed by atoms with Crippen molar-refractivity contribution < 1.29 is 0 Å². The molecule has 1 heterocycles. The van der Waals surface area contributed by atoms with E-state index in [4.69, 9.17) is 5.73 Å². The van der Waals surface area contributed by atoms with Crippen LogP contribution in [0.1, 0.15) is 11.4 Å². The lowest BCUT2D eigenvalue weighted by Gasteiger charge is -1.97. The van der Waals surface area contributed by atoms with E-state index in [1.165, 1.54) is 17.1 Å². The first kappa shape index (κ1) is 11.0. The third-order valence-corrected chi connectivity index (χ3v) is 2.80. The number of nitrogens with zero attached hydrogens (tertiary/aromatic N) is 2. The van der Waals surface area contributed by atoms with Crippen LogP contribution in [0.3, 0.4) is 0 Å². The van der Waals surface area contributed by atoms with E-state index in [0.29, 0.717) is 6.54 Å². The van der Waals surface area contributed by atoms with Crippen LogP contribution in [0.15, 0.2) is 30.3 Å². The van der Waals surface area contributed by atoms with Crippen LogP contribution in [-0.4, -0.2) is 22.4 Å². The zero-order valence-corrected chi connectivity index (χ0v) is 9.70. The Labute approximate surface area is 98.7 Å². The summed E-state index contributed by atoms with van der Waals surface area (Å²) in [6.07, 6.45) is 0.779. The lowest BCUT2D eigenvalue weighted by molar-refractivity contribution is 0.998. The molecule has 0 aliphatic carbocycles. The molecule has 4 nitrogen and oxygen atoms in total. The van der Waals surface area contributed by atoms with Crippen molar-refractivity contribution in [2.45, 2.75) is 6.42 Å². The van der Waals surface area contributed by atoms with Crippen molar-refractivity contribution >= 4 is 16.7 Å². The maximum absolute atomic E-state index is 5.40. The van der Waals surface area contributed by atoms with Gasteiger partial charge in [0, 0.05) is 31.0 Å². The van der Waals surface area contributed by atoms with Gasteiger partial charge in [0.25, 0.3) is 0 Å². The summed E-state index contributed by atoms with van der Waals surface area (Å²) >= 11 is 1.38. The topological polar surface area (TPSA) is 63.8 Å². The van der Waals surface area contributed by atoms with Gasteiger partial charge in [-0.05, 0) is 5.56 Å². The van der Waals surface area contributed by atoms with Gasteiger partial charge in [-0.15, -0.1) is 0 Å². The monoisotopic (exact) mass is 234 g/mol. The Balaban J connectivity index is 1.97. The number of hydrogen-bond donors (Lipinski definition) is 2. The maximum Gasteiger partial charge on any atom is 0.202 e. The molecule has 1 aromatic carbocycles. The Morgan fingerprint density at radius 2 is 2.06 bits per heavy atom. The maximum atomic E-state index is 5.40. The van der Waals surface area contributed by atoms with E-state index in [1.54, 1.807) is 0 Å². The summed E-state index contributed by atoms with van der Waals surface area (Å²) in [5.41, 5.74) is 6.63. The van der Waals surface area contributed by atoms with Crippen LogP contribution in [0, 0.1) is 0 Å². The van der Waals surface area contributed by atoms with Crippen molar-refractivity contribution in [3.63, 3.8) is 0 Å². The number of nitrogens with two attached hydrogens (primary N) is 1. The quantitative estimate of drug-likeness (QED) is 0.823. The molecule has 0 radical (unpaired) electrons. The number of rotatable bonds is 5. The van der Waals surface area contributed by atoms with Crippen LogP contribution in [0.25, 0.3) is 0 Å². The molecule has 3 N–H and O–H groups in total. The van der Waals surface area contributed by atoms with Crippen molar-refractivity contribution in [2.75, 3.05) is 18.4 Å². The molecule has 0 aliphatic rings. The summed E-state index contributed by atoms with van der Waals surface area (Å²) in [5.74, 6) is 0.857. The fraction of sp³-hybridized carbons (Fsp3) is 0.273. The summed E-state index contributed by atoms with van der Waals surface area (Å²) in [7, 11) is 0. The summed E-state index contributed by atoms with van der Waals surface area (Å²) < 4.78 is 4.29. The molecule has 0 amide bonds. The zero-order valence-electron chi connectivity index (χ0n) is 8.89. The Kier molecular flexibility index (Phi) is 3.85. The van der Waals surface area contributed by atoms with E-state index in [2.05, 4.69) is 26.8 Å². The molecule has 2 rings (SSSR count). The third-order valence-electron chi connectivity index (χ3n) is 2.09. The highest BCUT2D eigenvalue weighted by atomic mass is 32.1. The molecule has 0 unspecified atom stereocenters. The standard InChI is InChI=1S/C11H14N4S/c12-6-7-13-11-14-10(15-16-11)8-9-4-2-1-3-5-9/h1-5H,6-8,12H2,(H,13,14,15). The van der Waals surface area contributed by atoms with Gasteiger partial charge in [0.2, 0.25) is 5.13 Å². The van der Waals surface area contributed by atoms with E-state index in [-0.39, 0.29) is 0 Å². The normalized spacial score (nSPS) is 10.3. The van der Waals surface area contributed by atoms with Gasteiger partial charge in [0.05, 0.1) is 0 Å². The molecule has 16 heavy (non-hydrogen) atoms. The van der Waals surface area contributed by atoms with Crippen LogP contribution in [0.5, 0.6) is 0 Å². The minimum absolute atomic E-state index is 0.605. The molecular formula is C11H14N4S. The average Bonchev–Trinajstić information content (AvgIpc) is 2.75. The molecule has 0 saturated heterocycles. The van der Waals surface area contributed by atoms with E-state index in [0.717, 1.165) is 23.9 Å². The van der Waals surface area contributed by atoms with Crippen LogP contribution in [-0.2, 0) is 6.42 Å². The van der Waals surface area contributed by atoms with Gasteiger partial charge in [-0.3, -0.25) is 0 Å². The summed E-state index contributed by atoms with van der Waals surface area (Å²) in [4.78, 5) is 4.38. The molecule has 0 spiro atoms.